The number of carbonyl (C=O) groups is 2. The minimum absolute atomic E-state index is 0.0394. The van der Waals surface area contributed by atoms with Crippen LogP contribution in [0.4, 0.5) is 5.13 Å². The van der Waals surface area contributed by atoms with Gasteiger partial charge in [0.25, 0.3) is 0 Å². The number of nitrogens with one attached hydrogen (secondary N) is 1. The highest BCUT2D eigenvalue weighted by atomic mass is 32.1. The fourth-order valence-corrected chi connectivity index (χ4v) is 3.19. The summed E-state index contributed by atoms with van der Waals surface area (Å²) in [5.74, 6) is -1.28. The van der Waals surface area contributed by atoms with Crippen LogP contribution < -0.4 is 5.32 Å². The first-order chi connectivity index (χ1) is 9.65. The number of nitrogens with zero attached hydrogens (tertiary/aromatic N) is 2. The van der Waals surface area contributed by atoms with E-state index in [1.165, 1.54) is 17.6 Å². The highest BCUT2D eigenvalue weighted by molar-refractivity contribution is 7.13. The van der Waals surface area contributed by atoms with E-state index in [1.54, 1.807) is 0 Å². The van der Waals surface area contributed by atoms with Crippen molar-refractivity contribution in [1.29, 1.82) is 0 Å². The quantitative estimate of drug-likeness (QED) is 0.848. The molecule has 1 aromatic rings. The van der Waals surface area contributed by atoms with Gasteiger partial charge < -0.3 is 5.32 Å². The Hall–Kier alpha value is -1.82. The predicted octanol–water partition coefficient (Wildman–Crippen LogP) is 2.14. The summed E-state index contributed by atoms with van der Waals surface area (Å²) in [5, 5.41) is 5.06. The number of amides is 1. The highest BCUT2D eigenvalue weighted by Gasteiger charge is 2.35. The molecular formula is C14H15N3O2S. The monoisotopic (exact) mass is 289 g/mol. The van der Waals surface area contributed by atoms with Gasteiger partial charge in [-0.25, -0.2) is 4.98 Å². The number of rotatable bonds is 2. The van der Waals surface area contributed by atoms with Crippen molar-refractivity contribution >= 4 is 34.4 Å². The van der Waals surface area contributed by atoms with Gasteiger partial charge in [-0.3, -0.25) is 14.6 Å². The molecule has 1 aromatic heterocycles. The molecule has 1 aliphatic carbocycles. The van der Waals surface area contributed by atoms with Crippen LogP contribution in [0.15, 0.2) is 22.0 Å². The molecule has 1 amide bonds. The first-order valence-corrected chi connectivity index (χ1v) is 7.53. The minimum atomic E-state index is -0.820. The van der Waals surface area contributed by atoms with Crippen molar-refractivity contribution in [3.8, 4) is 0 Å². The van der Waals surface area contributed by atoms with Gasteiger partial charge in [-0.2, -0.15) is 0 Å². The van der Waals surface area contributed by atoms with Gasteiger partial charge in [0.2, 0.25) is 5.91 Å². The Labute approximate surface area is 120 Å². The maximum atomic E-state index is 12.4. The second-order valence-electron chi connectivity index (χ2n) is 5.03. The number of aromatic nitrogens is 1. The number of aliphatic imine (C=N–C) groups is 1. The zero-order valence-electron chi connectivity index (χ0n) is 11.1. The van der Waals surface area contributed by atoms with Gasteiger partial charge >= 0.3 is 0 Å². The summed E-state index contributed by atoms with van der Waals surface area (Å²) in [6, 6.07) is -0.0394. The summed E-state index contributed by atoms with van der Waals surface area (Å²) in [5.41, 5.74) is 1.55. The van der Waals surface area contributed by atoms with Crippen LogP contribution in [-0.2, 0) is 9.59 Å². The Morgan fingerprint density at radius 3 is 3.10 bits per heavy atom. The molecule has 0 bridgehead atoms. The van der Waals surface area contributed by atoms with E-state index in [-0.39, 0.29) is 17.7 Å². The number of thiazole rings is 1. The summed E-state index contributed by atoms with van der Waals surface area (Å²) in [4.78, 5) is 33.1. The first kappa shape index (κ1) is 13.2. The maximum Gasteiger partial charge on any atom is 0.242 e. The van der Waals surface area contributed by atoms with Gasteiger partial charge in [-0.1, -0.05) is 6.08 Å². The Morgan fingerprint density at radius 2 is 2.35 bits per heavy atom. The molecule has 6 heteroatoms. The lowest BCUT2D eigenvalue weighted by molar-refractivity contribution is -0.126. The number of hydrogen-bond acceptors (Lipinski definition) is 5. The van der Waals surface area contributed by atoms with Crippen LogP contribution in [0.2, 0.25) is 0 Å². The third kappa shape index (κ3) is 2.43. The molecule has 104 valence electrons. The molecule has 2 unspecified atom stereocenters. The number of ketones is 1. The lowest BCUT2D eigenvalue weighted by Gasteiger charge is -2.26. The van der Waals surface area contributed by atoms with Gasteiger partial charge in [-0.15, -0.1) is 11.3 Å². The van der Waals surface area contributed by atoms with Gasteiger partial charge in [0.15, 0.2) is 10.9 Å². The van der Waals surface area contributed by atoms with Gasteiger partial charge in [0, 0.05) is 17.2 Å². The lowest BCUT2D eigenvalue weighted by atomic mass is 9.84. The molecule has 5 nitrogen and oxygen atoms in total. The zero-order valence-corrected chi connectivity index (χ0v) is 11.9. The summed E-state index contributed by atoms with van der Waals surface area (Å²) in [7, 11) is 0. The van der Waals surface area contributed by atoms with Gasteiger partial charge in [0.1, 0.15) is 5.92 Å². The summed E-state index contributed by atoms with van der Waals surface area (Å²) < 4.78 is 0. The molecule has 1 N–H and O–H groups in total. The SMILES string of the molecule is Cc1csc(NC(=O)C2C=NC3CCCC=C3C2=O)n1. The normalized spacial score (nSPS) is 25.1. The van der Waals surface area contributed by atoms with E-state index in [4.69, 9.17) is 0 Å². The molecular weight excluding hydrogens is 274 g/mol. The number of fused-ring (bicyclic) bond motifs is 1. The largest absolute Gasteiger partial charge is 0.301 e. The number of anilines is 1. The van der Waals surface area contributed by atoms with Crippen molar-refractivity contribution in [2.45, 2.75) is 32.2 Å². The van der Waals surface area contributed by atoms with Crippen LogP contribution in [0, 0.1) is 12.8 Å². The van der Waals surface area contributed by atoms with E-state index in [1.807, 2.05) is 18.4 Å². The molecule has 2 heterocycles. The molecule has 0 spiro atoms. The standard InChI is InChI=1S/C14H15N3O2S/c1-8-7-20-14(16-8)17-13(19)10-6-15-11-5-3-2-4-9(11)12(10)18/h4,6-7,10-11H,2-3,5H2,1H3,(H,16,17,19). The molecule has 0 fully saturated rings. The van der Waals surface area contributed by atoms with Crippen LogP contribution in [0.3, 0.4) is 0 Å². The number of allylic oxidation sites excluding steroid dienone is 1. The summed E-state index contributed by atoms with van der Waals surface area (Å²) >= 11 is 1.35. The third-order valence-electron chi connectivity index (χ3n) is 3.52. The second-order valence-corrected chi connectivity index (χ2v) is 5.89. The van der Waals surface area contributed by atoms with Crippen molar-refractivity contribution < 1.29 is 9.59 Å². The molecule has 1 aliphatic heterocycles. The van der Waals surface area contributed by atoms with Crippen molar-refractivity contribution in [3.63, 3.8) is 0 Å². The zero-order chi connectivity index (χ0) is 14.1. The first-order valence-electron chi connectivity index (χ1n) is 6.65. The van der Waals surface area contributed by atoms with Crippen molar-refractivity contribution in [1.82, 2.24) is 4.98 Å². The van der Waals surface area contributed by atoms with Gasteiger partial charge in [-0.05, 0) is 26.2 Å². The van der Waals surface area contributed by atoms with Crippen LogP contribution in [0.5, 0.6) is 0 Å². The van der Waals surface area contributed by atoms with Crippen LogP contribution >= 0.6 is 11.3 Å². The van der Waals surface area contributed by atoms with E-state index >= 15 is 0 Å². The number of aryl methyl sites for hydroxylation is 1. The van der Waals surface area contributed by atoms with Crippen LogP contribution in [-0.4, -0.2) is 28.9 Å². The lowest BCUT2D eigenvalue weighted by Crippen LogP contribution is -2.38. The molecule has 2 aliphatic rings. The number of carbonyl (C=O) groups excluding carboxylic acids is 2. The molecule has 0 saturated carbocycles. The fraction of sp³-hybridized carbons (Fsp3) is 0.429. The third-order valence-corrected chi connectivity index (χ3v) is 4.39. The van der Waals surface area contributed by atoms with Crippen LogP contribution in [0.1, 0.15) is 25.0 Å². The fourth-order valence-electron chi connectivity index (χ4n) is 2.50. The smallest absolute Gasteiger partial charge is 0.242 e. The number of Topliss-reactive ketones (excluding diaryl/α,β-unsaturated/α-hetero) is 1. The second kappa shape index (κ2) is 5.28. The molecule has 20 heavy (non-hydrogen) atoms. The Bertz CT molecular complexity index is 618. The van der Waals surface area contributed by atoms with E-state index < -0.39 is 5.92 Å². The molecule has 3 rings (SSSR count). The van der Waals surface area contributed by atoms with E-state index in [0.29, 0.717) is 10.7 Å². The topological polar surface area (TPSA) is 71.4 Å². The van der Waals surface area contributed by atoms with E-state index in [2.05, 4.69) is 15.3 Å². The maximum absolute atomic E-state index is 12.4. The van der Waals surface area contributed by atoms with E-state index in [0.717, 1.165) is 25.0 Å². The van der Waals surface area contributed by atoms with E-state index in [9.17, 15) is 9.59 Å². The Morgan fingerprint density at radius 1 is 1.50 bits per heavy atom. The van der Waals surface area contributed by atoms with Crippen molar-refractivity contribution in [2.75, 3.05) is 5.32 Å². The summed E-state index contributed by atoms with van der Waals surface area (Å²) in [6.45, 7) is 1.86. The molecule has 0 radical (unpaired) electrons. The molecule has 0 aromatic carbocycles. The molecule has 2 atom stereocenters. The Balaban J connectivity index is 1.77. The predicted molar refractivity (Wildman–Crippen MR) is 78.2 cm³/mol. The average Bonchev–Trinajstić information content (AvgIpc) is 2.84. The average molecular weight is 289 g/mol. The molecule has 0 saturated heterocycles. The van der Waals surface area contributed by atoms with Gasteiger partial charge in [0.05, 0.1) is 11.7 Å². The van der Waals surface area contributed by atoms with Crippen molar-refractivity contribution in [2.24, 2.45) is 10.9 Å². The number of hydrogen-bond donors (Lipinski definition) is 1. The summed E-state index contributed by atoms with van der Waals surface area (Å²) in [6.07, 6.45) is 6.27. The van der Waals surface area contributed by atoms with Crippen LogP contribution in [0.25, 0.3) is 0 Å². The Kier molecular flexibility index (Phi) is 3.48. The highest BCUT2D eigenvalue weighted by Crippen LogP contribution is 2.28. The minimum Gasteiger partial charge on any atom is -0.301 e. The van der Waals surface area contributed by atoms with Crippen molar-refractivity contribution in [3.05, 3.63) is 22.7 Å².